The van der Waals surface area contributed by atoms with Crippen molar-refractivity contribution in [3.05, 3.63) is 39.8 Å². The van der Waals surface area contributed by atoms with Gasteiger partial charge < -0.3 is 10.0 Å². The first kappa shape index (κ1) is 19.4. The van der Waals surface area contributed by atoms with Crippen molar-refractivity contribution in [1.82, 2.24) is 5.01 Å². The third kappa shape index (κ3) is 3.56. The Balaban J connectivity index is 1.84. The van der Waals surface area contributed by atoms with Gasteiger partial charge in [0.15, 0.2) is 0 Å². The number of benzene rings is 1. The number of aryl methyl sites for hydroxylation is 1. The van der Waals surface area contributed by atoms with E-state index < -0.39 is 5.97 Å². The molecule has 2 heterocycles. The Bertz CT molecular complexity index is 913. The van der Waals surface area contributed by atoms with Gasteiger partial charge in [0.1, 0.15) is 0 Å². The average molecular weight is 400 g/mol. The van der Waals surface area contributed by atoms with Crippen LogP contribution in [-0.4, -0.2) is 36.2 Å². The molecule has 0 amide bonds. The monoisotopic (exact) mass is 399 g/mol. The lowest BCUT2D eigenvalue weighted by Gasteiger charge is -2.34. The smallest absolute Gasteiger partial charge is 0.337 e. The molecule has 2 aromatic rings. The van der Waals surface area contributed by atoms with Crippen LogP contribution in [0, 0.1) is 5.41 Å². The fourth-order valence-electron chi connectivity index (χ4n) is 4.31. The first-order valence-electron chi connectivity index (χ1n) is 9.97. The van der Waals surface area contributed by atoms with Crippen LogP contribution in [0.4, 0.5) is 5.69 Å². The molecule has 1 aromatic heterocycles. The van der Waals surface area contributed by atoms with Gasteiger partial charge >= 0.3 is 5.97 Å². The predicted octanol–water partition coefficient (Wildman–Crippen LogP) is 4.14. The first-order valence-corrected chi connectivity index (χ1v) is 10.8. The molecule has 3 N–H and O–H groups in total. The topological polar surface area (TPSA) is 69.8 Å². The molecule has 0 saturated carbocycles. The first-order chi connectivity index (χ1) is 13.2. The van der Waals surface area contributed by atoms with Gasteiger partial charge in [-0.2, -0.15) is 0 Å². The number of fused-ring (bicyclic) bond motifs is 1. The summed E-state index contributed by atoms with van der Waals surface area (Å²) in [5.41, 5.74) is 5.00. The molecule has 4 rings (SSSR count). The SMILES string of the molecule is CN(N)Cc1cc(N2CCC2)ccc1-c1sc2c(c1C(=O)O)CC(C)(C)CC2. The van der Waals surface area contributed by atoms with Gasteiger partial charge in [-0.05, 0) is 59.9 Å². The van der Waals surface area contributed by atoms with Crippen molar-refractivity contribution >= 4 is 23.0 Å². The Kier molecular flexibility index (Phi) is 4.98. The van der Waals surface area contributed by atoms with E-state index in [1.807, 2.05) is 7.05 Å². The number of hydrogen-bond acceptors (Lipinski definition) is 5. The van der Waals surface area contributed by atoms with Crippen LogP contribution in [0.5, 0.6) is 0 Å². The number of aromatic carboxylic acids is 1. The molecule has 0 radical (unpaired) electrons. The summed E-state index contributed by atoms with van der Waals surface area (Å²) in [5.74, 6) is 5.17. The molecule has 5 nitrogen and oxygen atoms in total. The number of anilines is 1. The molecule has 1 fully saturated rings. The molecule has 28 heavy (non-hydrogen) atoms. The molecule has 1 saturated heterocycles. The second kappa shape index (κ2) is 7.17. The maximum Gasteiger partial charge on any atom is 0.337 e. The van der Waals surface area contributed by atoms with Crippen LogP contribution in [0.1, 0.15) is 53.1 Å². The van der Waals surface area contributed by atoms with Crippen LogP contribution in [0.3, 0.4) is 0 Å². The van der Waals surface area contributed by atoms with Crippen molar-refractivity contribution in [3.63, 3.8) is 0 Å². The van der Waals surface area contributed by atoms with Gasteiger partial charge in [0.2, 0.25) is 0 Å². The second-order valence-electron chi connectivity index (χ2n) is 8.95. The fraction of sp³-hybridized carbons (Fsp3) is 0.500. The Hall–Kier alpha value is -1.89. The number of nitrogens with two attached hydrogens (primary N) is 1. The maximum atomic E-state index is 12.3. The molecular formula is C22H29N3O2S. The molecule has 0 unspecified atom stereocenters. The zero-order chi connectivity index (χ0) is 20.1. The average Bonchev–Trinajstić information content (AvgIpc) is 2.90. The summed E-state index contributed by atoms with van der Waals surface area (Å²) in [7, 11) is 1.85. The van der Waals surface area contributed by atoms with Crippen molar-refractivity contribution in [2.45, 2.75) is 46.1 Å². The summed E-state index contributed by atoms with van der Waals surface area (Å²) in [6.07, 6.45) is 4.12. The standard InChI is InChI=1S/C22H29N3O2S/c1-22(2)8-7-18-17(12-22)19(21(26)27)20(28-18)16-6-5-15(25-9-4-10-25)11-14(16)13-24(3)23/h5-6,11H,4,7-10,12-13,23H2,1-3H3,(H,26,27). The van der Waals surface area contributed by atoms with Gasteiger partial charge in [0.25, 0.3) is 0 Å². The highest BCUT2D eigenvalue weighted by Crippen LogP contribution is 2.46. The van der Waals surface area contributed by atoms with E-state index in [0.29, 0.717) is 12.1 Å². The van der Waals surface area contributed by atoms with E-state index in [0.717, 1.165) is 53.9 Å². The van der Waals surface area contributed by atoms with Crippen molar-refractivity contribution in [2.75, 3.05) is 25.0 Å². The van der Waals surface area contributed by atoms with Gasteiger partial charge in [-0.1, -0.05) is 19.9 Å². The van der Waals surface area contributed by atoms with Crippen LogP contribution in [0.25, 0.3) is 10.4 Å². The lowest BCUT2D eigenvalue weighted by Crippen LogP contribution is -2.37. The molecule has 2 aliphatic rings. The number of rotatable bonds is 5. The predicted molar refractivity (Wildman–Crippen MR) is 115 cm³/mol. The van der Waals surface area contributed by atoms with E-state index in [1.165, 1.54) is 17.0 Å². The van der Waals surface area contributed by atoms with E-state index in [9.17, 15) is 9.90 Å². The minimum atomic E-state index is -0.816. The van der Waals surface area contributed by atoms with Crippen LogP contribution in [-0.2, 0) is 19.4 Å². The van der Waals surface area contributed by atoms with Crippen LogP contribution >= 0.6 is 11.3 Å². The largest absolute Gasteiger partial charge is 0.478 e. The molecule has 150 valence electrons. The Morgan fingerprint density at radius 1 is 1.36 bits per heavy atom. The quantitative estimate of drug-likeness (QED) is 0.584. The van der Waals surface area contributed by atoms with E-state index in [2.05, 4.69) is 36.9 Å². The number of hydrazine groups is 1. The molecule has 0 spiro atoms. The number of thiophene rings is 1. The molecule has 1 aromatic carbocycles. The Labute approximate surface area is 170 Å². The zero-order valence-electron chi connectivity index (χ0n) is 16.9. The third-order valence-electron chi connectivity index (χ3n) is 5.96. The van der Waals surface area contributed by atoms with Crippen molar-refractivity contribution in [2.24, 2.45) is 11.3 Å². The molecule has 1 aliphatic heterocycles. The molecule has 6 heteroatoms. The van der Waals surface area contributed by atoms with E-state index in [4.69, 9.17) is 5.84 Å². The van der Waals surface area contributed by atoms with E-state index in [1.54, 1.807) is 16.3 Å². The van der Waals surface area contributed by atoms with Crippen molar-refractivity contribution < 1.29 is 9.90 Å². The number of carboxylic acid groups (broad SMARTS) is 1. The van der Waals surface area contributed by atoms with Crippen LogP contribution in [0.15, 0.2) is 18.2 Å². The summed E-state index contributed by atoms with van der Waals surface area (Å²) >= 11 is 1.67. The fourth-order valence-corrected chi connectivity index (χ4v) is 5.68. The summed E-state index contributed by atoms with van der Waals surface area (Å²) < 4.78 is 0. The number of hydrogen-bond donors (Lipinski definition) is 2. The normalized spacial score (nSPS) is 18.1. The summed E-state index contributed by atoms with van der Waals surface area (Å²) in [4.78, 5) is 16.7. The Morgan fingerprint density at radius 2 is 2.11 bits per heavy atom. The van der Waals surface area contributed by atoms with Gasteiger partial charge in [-0.25, -0.2) is 9.80 Å². The third-order valence-corrected chi connectivity index (χ3v) is 7.29. The summed E-state index contributed by atoms with van der Waals surface area (Å²) in [6.45, 7) is 7.22. The Morgan fingerprint density at radius 3 is 2.71 bits per heavy atom. The van der Waals surface area contributed by atoms with E-state index in [-0.39, 0.29) is 5.41 Å². The minimum absolute atomic E-state index is 0.150. The number of carboxylic acids is 1. The number of nitrogens with zero attached hydrogens (tertiary/aromatic N) is 2. The number of carbonyl (C=O) groups is 1. The van der Waals surface area contributed by atoms with Gasteiger partial charge in [-0.15, -0.1) is 11.3 Å². The molecule has 0 atom stereocenters. The minimum Gasteiger partial charge on any atom is -0.478 e. The highest BCUT2D eigenvalue weighted by Gasteiger charge is 2.33. The summed E-state index contributed by atoms with van der Waals surface area (Å²) in [5, 5.41) is 11.7. The van der Waals surface area contributed by atoms with Crippen LogP contribution < -0.4 is 10.7 Å². The van der Waals surface area contributed by atoms with E-state index >= 15 is 0 Å². The zero-order valence-corrected chi connectivity index (χ0v) is 17.7. The van der Waals surface area contributed by atoms with Gasteiger partial charge in [0.05, 0.1) is 5.56 Å². The van der Waals surface area contributed by atoms with Crippen molar-refractivity contribution in [3.8, 4) is 10.4 Å². The van der Waals surface area contributed by atoms with Gasteiger partial charge in [0, 0.05) is 42.1 Å². The highest BCUT2D eigenvalue weighted by atomic mass is 32.1. The lowest BCUT2D eigenvalue weighted by molar-refractivity contribution is 0.0696. The lowest BCUT2D eigenvalue weighted by atomic mass is 9.76. The molecule has 0 bridgehead atoms. The second-order valence-corrected chi connectivity index (χ2v) is 10.1. The summed E-state index contributed by atoms with van der Waals surface area (Å²) in [6, 6.07) is 6.41. The molecular weight excluding hydrogens is 370 g/mol. The maximum absolute atomic E-state index is 12.3. The van der Waals surface area contributed by atoms with Crippen molar-refractivity contribution in [1.29, 1.82) is 0 Å². The van der Waals surface area contributed by atoms with Crippen LogP contribution in [0.2, 0.25) is 0 Å². The van der Waals surface area contributed by atoms with Gasteiger partial charge in [-0.3, -0.25) is 5.84 Å². The molecule has 1 aliphatic carbocycles. The highest BCUT2D eigenvalue weighted by molar-refractivity contribution is 7.16.